The van der Waals surface area contributed by atoms with Crippen molar-refractivity contribution < 1.29 is 31.9 Å². The zero-order chi connectivity index (χ0) is 28.7. The average molecular weight is 570 g/mol. The van der Waals surface area contributed by atoms with Gasteiger partial charge in [-0.05, 0) is 73.4 Å². The van der Waals surface area contributed by atoms with Crippen LogP contribution in [0.4, 0.5) is 10.1 Å². The Bertz CT molecular complexity index is 1460. The molecule has 0 bridgehead atoms. The molecule has 2 N–H and O–H groups in total. The van der Waals surface area contributed by atoms with Crippen LogP contribution in [0.3, 0.4) is 0 Å². The Labute approximate surface area is 233 Å². The van der Waals surface area contributed by atoms with Crippen molar-refractivity contribution in [3.8, 4) is 11.5 Å². The zero-order valence-electron chi connectivity index (χ0n) is 22.4. The van der Waals surface area contributed by atoms with Gasteiger partial charge in [-0.1, -0.05) is 18.2 Å². The first kappa shape index (κ1) is 29.0. The van der Waals surface area contributed by atoms with Crippen LogP contribution in [0.5, 0.6) is 11.5 Å². The van der Waals surface area contributed by atoms with Crippen molar-refractivity contribution in [2.24, 2.45) is 5.92 Å². The van der Waals surface area contributed by atoms with Crippen molar-refractivity contribution in [2.75, 3.05) is 39.2 Å². The zero-order valence-corrected chi connectivity index (χ0v) is 23.2. The maximum absolute atomic E-state index is 13.3. The minimum atomic E-state index is -3.87. The smallest absolute Gasteiger partial charge is 0.253 e. The standard InChI is InChI=1S/C29H32FN3O6S/c1-38-26-14-9-20(18-27(26)39-2)15-16-31-29(35)24-7-3-4-8-25(24)32-28(34)21-6-5-17-33(19-21)40(36,37)23-12-10-22(30)11-13-23/h3-4,7-14,18,21H,5-6,15-17,19H2,1-2H3,(H,31,35)(H,32,34)/t21-/m0/s1. The van der Waals surface area contributed by atoms with E-state index in [0.29, 0.717) is 48.6 Å². The molecule has 0 unspecified atom stereocenters. The van der Waals surface area contributed by atoms with Crippen LogP contribution in [0.15, 0.2) is 71.6 Å². The number of anilines is 1. The number of carbonyl (C=O) groups excluding carboxylic acids is 2. The molecule has 1 aliphatic heterocycles. The molecule has 3 aromatic rings. The minimum Gasteiger partial charge on any atom is -0.493 e. The number of ether oxygens (including phenoxy) is 2. The molecule has 9 nitrogen and oxygen atoms in total. The Morgan fingerprint density at radius 2 is 1.73 bits per heavy atom. The van der Waals surface area contributed by atoms with Gasteiger partial charge in [0.05, 0.1) is 36.3 Å². The van der Waals surface area contributed by atoms with E-state index in [2.05, 4.69) is 10.6 Å². The summed E-state index contributed by atoms with van der Waals surface area (Å²) in [6.45, 7) is 0.614. The molecule has 0 aromatic heterocycles. The van der Waals surface area contributed by atoms with Crippen LogP contribution in [0.2, 0.25) is 0 Å². The van der Waals surface area contributed by atoms with Crippen LogP contribution in [0, 0.1) is 11.7 Å². The van der Waals surface area contributed by atoms with Crippen molar-refractivity contribution in [1.82, 2.24) is 9.62 Å². The number of benzene rings is 3. The molecule has 212 valence electrons. The summed E-state index contributed by atoms with van der Waals surface area (Å²) in [5.41, 5.74) is 1.60. The summed E-state index contributed by atoms with van der Waals surface area (Å²) in [5.74, 6) is -0.631. The highest BCUT2D eigenvalue weighted by molar-refractivity contribution is 7.89. The summed E-state index contributed by atoms with van der Waals surface area (Å²) in [6.07, 6.45) is 1.55. The minimum absolute atomic E-state index is 0.00870. The van der Waals surface area contributed by atoms with Gasteiger partial charge in [0.1, 0.15) is 5.82 Å². The maximum Gasteiger partial charge on any atom is 0.253 e. The van der Waals surface area contributed by atoms with Gasteiger partial charge >= 0.3 is 0 Å². The van der Waals surface area contributed by atoms with Gasteiger partial charge in [-0.2, -0.15) is 4.31 Å². The second-order valence-corrected chi connectivity index (χ2v) is 11.3. The maximum atomic E-state index is 13.3. The summed E-state index contributed by atoms with van der Waals surface area (Å²) >= 11 is 0. The number of amides is 2. The number of sulfonamides is 1. The number of para-hydroxylation sites is 1. The van der Waals surface area contributed by atoms with Gasteiger partial charge in [0, 0.05) is 19.6 Å². The third-order valence-electron chi connectivity index (χ3n) is 6.78. The number of hydrogen-bond donors (Lipinski definition) is 2. The van der Waals surface area contributed by atoms with Crippen LogP contribution in [0.1, 0.15) is 28.8 Å². The summed E-state index contributed by atoms with van der Waals surface area (Å²) in [6, 6.07) is 16.8. The lowest BCUT2D eigenvalue weighted by atomic mass is 9.98. The first-order chi connectivity index (χ1) is 19.2. The van der Waals surface area contributed by atoms with Crippen LogP contribution >= 0.6 is 0 Å². The number of carbonyl (C=O) groups is 2. The third kappa shape index (κ3) is 6.78. The Balaban J connectivity index is 1.38. The third-order valence-corrected chi connectivity index (χ3v) is 8.66. The predicted molar refractivity (Wildman–Crippen MR) is 149 cm³/mol. The molecular formula is C29H32FN3O6S. The number of halogens is 1. The van der Waals surface area contributed by atoms with Crippen molar-refractivity contribution in [3.63, 3.8) is 0 Å². The Hall–Kier alpha value is -3.96. The largest absolute Gasteiger partial charge is 0.493 e. The summed E-state index contributed by atoms with van der Waals surface area (Å²) in [4.78, 5) is 26.1. The molecule has 0 saturated carbocycles. The van der Waals surface area contributed by atoms with E-state index in [1.165, 1.54) is 16.4 Å². The number of nitrogens with zero attached hydrogens (tertiary/aromatic N) is 1. The van der Waals surface area contributed by atoms with E-state index >= 15 is 0 Å². The lowest BCUT2D eigenvalue weighted by Gasteiger charge is -2.31. The van der Waals surface area contributed by atoms with Gasteiger partial charge in [0.2, 0.25) is 15.9 Å². The summed E-state index contributed by atoms with van der Waals surface area (Å²) in [5, 5.41) is 5.69. The highest BCUT2D eigenvalue weighted by atomic mass is 32.2. The van der Waals surface area contributed by atoms with Gasteiger partial charge in [0.15, 0.2) is 11.5 Å². The van der Waals surface area contributed by atoms with Crippen molar-refractivity contribution in [1.29, 1.82) is 0 Å². The molecule has 11 heteroatoms. The van der Waals surface area contributed by atoms with Gasteiger partial charge in [-0.15, -0.1) is 0 Å². The molecule has 1 aliphatic rings. The van der Waals surface area contributed by atoms with Gasteiger partial charge < -0.3 is 20.1 Å². The van der Waals surface area contributed by atoms with Crippen molar-refractivity contribution in [3.05, 3.63) is 83.7 Å². The molecule has 2 amide bonds. The van der Waals surface area contributed by atoms with Crippen LogP contribution in [0.25, 0.3) is 0 Å². The van der Waals surface area contributed by atoms with E-state index in [1.807, 2.05) is 12.1 Å². The van der Waals surface area contributed by atoms with Crippen LogP contribution < -0.4 is 20.1 Å². The molecule has 0 spiro atoms. The van der Waals surface area contributed by atoms with E-state index in [9.17, 15) is 22.4 Å². The average Bonchev–Trinajstić information content (AvgIpc) is 2.97. The van der Waals surface area contributed by atoms with E-state index in [4.69, 9.17) is 9.47 Å². The van der Waals surface area contributed by atoms with E-state index in [-0.39, 0.29) is 29.8 Å². The van der Waals surface area contributed by atoms with Crippen LogP contribution in [-0.4, -0.2) is 58.4 Å². The van der Waals surface area contributed by atoms with E-state index < -0.39 is 21.8 Å². The number of nitrogens with one attached hydrogen (secondary N) is 2. The normalized spacial score (nSPS) is 15.7. The van der Waals surface area contributed by atoms with Crippen molar-refractivity contribution in [2.45, 2.75) is 24.2 Å². The number of hydrogen-bond acceptors (Lipinski definition) is 6. The lowest BCUT2D eigenvalue weighted by Crippen LogP contribution is -2.43. The van der Waals surface area contributed by atoms with Crippen LogP contribution in [-0.2, 0) is 21.2 Å². The molecule has 0 radical (unpaired) electrons. The first-order valence-electron chi connectivity index (χ1n) is 12.9. The molecule has 1 fully saturated rings. The number of rotatable bonds is 10. The van der Waals surface area contributed by atoms with E-state index in [0.717, 1.165) is 17.7 Å². The molecule has 0 aliphatic carbocycles. The second kappa shape index (κ2) is 12.9. The number of methoxy groups -OCH3 is 2. The Morgan fingerprint density at radius 1 is 1.00 bits per heavy atom. The molecule has 4 rings (SSSR count). The first-order valence-corrected chi connectivity index (χ1v) is 14.3. The van der Waals surface area contributed by atoms with Gasteiger partial charge in [-0.3, -0.25) is 9.59 Å². The molecule has 1 heterocycles. The fourth-order valence-corrected chi connectivity index (χ4v) is 6.13. The molecule has 40 heavy (non-hydrogen) atoms. The van der Waals surface area contributed by atoms with Crippen molar-refractivity contribution >= 4 is 27.5 Å². The Kier molecular flexibility index (Phi) is 9.38. The Morgan fingerprint density at radius 3 is 2.45 bits per heavy atom. The number of piperidine rings is 1. The van der Waals surface area contributed by atoms with Gasteiger partial charge in [-0.25, -0.2) is 12.8 Å². The molecule has 3 aromatic carbocycles. The monoisotopic (exact) mass is 569 g/mol. The fourth-order valence-electron chi connectivity index (χ4n) is 4.61. The SMILES string of the molecule is COc1ccc(CCNC(=O)c2ccccc2NC(=O)[C@H]2CCCN(S(=O)(=O)c3ccc(F)cc3)C2)cc1OC. The molecular weight excluding hydrogens is 537 g/mol. The quantitative estimate of drug-likeness (QED) is 0.384. The van der Waals surface area contributed by atoms with Gasteiger partial charge in [0.25, 0.3) is 5.91 Å². The molecule has 1 saturated heterocycles. The molecule has 1 atom stereocenters. The summed E-state index contributed by atoms with van der Waals surface area (Å²) < 4.78 is 51.2. The predicted octanol–water partition coefficient (Wildman–Crippen LogP) is 3.85. The summed E-state index contributed by atoms with van der Waals surface area (Å²) in [7, 11) is -0.751. The highest BCUT2D eigenvalue weighted by Crippen LogP contribution is 2.28. The van der Waals surface area contributed by atoms with E-state index in [1.54, 1.807) is 44.6 Å². The second-order valence-electron chi connectivity index (χ2n) is 9.39. The lowest BCUT2D eigenvalue weighted by molar-refractivity contribution is -0.120. The highest BCUT2D eigenvalue weighted by Gasteiger charge is 2.33. The topological polar surface area (TPSA) is 114 Å². The fraction of sp³-hybridized carbons (Fsp3) is 0.310.